The SMILES string of the molecule is Cc1nc(NCc2cnn(Cc3cccc(C#N)c3)c2)nc2c1NC(=O)C(OC(C)C)N2C. The number of aryl methyl sites for hydroxylation is 1. The molecule has 0 bridgehead atoms. The fraction of sp³-hybridized carbons (Fsp3) is 0.348. The fourth-order valence-electron chi connectivity index (χ4n) is 3.61. The molecule has 170 valence electrons. The predicted octanol–water partition coefficient (Wildman–Crippen LogP) is 2.65. The third kappa shape index (κ3) is 4.94. The number of anilines is 3. The number of hydrogen-bond donors (Lipinski definition) is 2. The van der Waals surface area contributed by atoms with E-state index in [4.69, 9.17) is 10.00 Å². The highest BCUT2D eigenvalue weighted by molar-refractivity contribution is 6.02. The van der Waals surface area contributed by atoms with E-state index in [1.807, 2.05) is 49.8 Å². The number of nitrogens with zero attached hydrogens (tertiary/aromatic N) is 6. The molecular weight excluding hydrogens is 420 g/mol. The van der Waals surface area contributed by atoms with E-state index in [0.717, 1.165) is 11.1 Å². The van der Waals surface area contributed by atoms with Crippen molar-refractivity contribution in [3.8, 4) is 6.07 Å². The zero-order chi connectivity index (χ0) is 23.5. The van der Waals surface area contributed by atoms with Gasteiger partial charge in [-0.25, -0.2) is 4.98 Å². The summed E-state index contributed by atoms with van der Waals surface area (Å²) >= 11 is 0. The van der Waals surface area contributed by atoms with E-state index >= 15 is 0 Å². The molecule has 0 aliphatic carbocycles. The van der Waals surface area contributed by atoms with E-state index in [1.54, 1.807) is 24.2 Å². The molecule has 1 aliphatic heterocycles. The molecular formula is C23H26N8O2. The van der Waals surface area contributed by atoms with Crippen LogP contribution in [-0.2, 0) is 22.6 Å². The second-order valence-corrected chi connectivity index (χ2v) is 8.18. The van der Waals surface area contributed by atoms with Gasteiger partial charge in [0.25, 0.3) is 5.91 Å². The highest BCUT2D eigenvalue weighted by Gasteiger charge is 2.34. The Morgan fingerprint density at radius 1 is 1.30 bits per heavy atom. The lowest BCUT2D eigenvalue weighted by atomic mass is 10.1. The fourth-order valence-corrected chi connectivity index (χ4v) is 3.61. The van der Waals surface area contributed by atoms with Crippen LogP contribution in [0.25, 0.3) is 0 Å². The Kier molecular flexibility index (Phi) is 6.24. The highest BCUT2D eigenvalue weighted by Crippen LogP contribution is 2.32. The molecule has 1 atom stereocenters. The largest absolute Gasteiger partial charge is 0.350 e. The number of rotatable bonds is 7. The van der Waals surface area contributed by atoms with Crippen LogP contribution in [0.4, 0.5) is 17.5 Å². The number of amides is 1. The number of benzene rings is 1. The Bertz CT molecular complexity index is 1210. The number of carbonyl (C=O) groups excluding carboxylic acids is 1. The van der Waals surface area contributed by atoms with Gasteiger partial charge >= 0.3 is 0 Å². The Hall–Kier alpha value is -3.97. The monoisotopic (exact) mass is 446 g/mol. The lowest BCUT2D eigenvalue weighted by Gasteiger charge is -2.35. The molecule has 0 spiro atoms. The summed E-state index contributed by atoms with van der Waals surface area (Å²) in [7, 11) is 1.78. The highest BCUT2D eigenvalue weighted by atomic mass is 16.5. The minimum atomic E-state index is -0.752. The first-order valence-electron chi connectivity index (χ1n) is 10.7. The minimum Gasteiger partial charge on any atom is -0.350 e. The second kappa shape index (κ2) is 9.26. The van der Waals surface area contributed by atoms with Crippen LogP contribution in [0.15, 0.2) is 36.7 Å². The molecule has 4 rings (SSSR count). The number of aromatic nitrogens is 4. The number of nitrogens with one attached hydrogen (secondary N) is 2. The number of hydrogen-bond acceptors (Lipinski definition) is 8. The maximum Gasteiger partial charge on any atom is 0.274 e. The number of ether oxygens (including phenoxy) is 1. The lowest BCUT2D eigenvalue weighted by molar-refractivity contribution is -0.130. The van der Waals surface area contributed by atoms with Crippen LogP contribution in [0.2, 0.25) is 0 Å². The van der Waals surface area contributed by atoms with Gasteiger partial charge in [-0.1, -0.05) is 12.1 Å². The van der Waals surface area contributed by atoms with E-state index in [2.05, 4.69) is 31.8 Å². The predicted molar refractivity (Wildman–Crippen MR) is 124 cm³/mol. The molecule has 0 saturated carbocycles. The molecule has 0 saturated heterocycles. The summed E-state index contributed by atoms with van der Waals surface area (Å²) < 4.78 is 7.57. The van der Waals surface area contributed by atoms with Crippen molar-refractivity contribution >= 4 is 23.4 Å². The number of nitriles is 1. The average Bonchev–Trinajstić information content (AvgIpc) is 3.23. The van der Waals surface area contributed by atoms with Gasteiger partial charge in [0, 0.05) is 25.4 Å². The van der Waals surface area contributed by atoms with Crippen LogP contribution in [0.1, 0.15) is 36.2 Å². The number of carbonyl (C=O) groups is 1. The van der Waals surface area contributed by atoms with Crippen molar-refractivity contribution in [2.24, 2.45) is 0 Å². The quantitative estimate of drug-likeness (QED) is 0.568. The first-order chi connectivity index (χ1) is 15.8. The zero-order valence-corrected chi connectivity index (χ0v) is 19.0. The number of likely N-dealkylation sites (N-methyl/N-ethyl adjacent to an activating group) is 1. The van der Waals surface area contributed by atoms with Gasteiger partial charge in [0.05, 0.1) is 36.2 Å². The van der Waals surface area contributed by atoms with E-state index < -0.39 is 6.23 Å². The Labute approximate surface area is 192 Å². The normalized spacial score (nSPS) is 15.2. The molecule has 3 aromatic rings. The molecule has 1 aliphatic rings. The van der Waals surface area contributed by atoms with E-state index in [1.165, 1.54) is 0 Å². The standard InChI is InChI=1S/C23H26N8O2/c1-14(2)33-22-21(32)28-19-15(3)27-23(29-20(19)30(22)4)25-10-18-11-26-31(13-18)12-17-7-5-6-16(8-17)9-24/h5-8,11,13-14,22H,10,12H2,1-4H3,(H,28,32)(H,25,27,29). The van der Waals surface area contributed by atoms with Crippen molar-refractivity contribution < 1.29 is 9.53 Å². The summed E-state index contributed by atoms with van der Waals surface area (Å²) in [6.07, 6.45) is 2.86. The van der Waals surface area contributed by atoms with Crippen LogP contribution >= 0.6 is 0 Å². The van der Waals surface area contributed by atoms with Crippen molar-refractivity contribution in [1.82, 2.24) is 19.7 Å². The van der Waals surface area contributed by atoms with Crippen LogP contribution in [0.5, 0.6) is 0 Å². The van der Waals surface area contributed by atoms with Gasteiger partial charge < -0.3 is 20.3 Å². The molecule has 1 amide bonds. The van der Waals surface area contributed by atoms with Crippen LogP contribution < -0.4 is 15.5 Å². The van der Waals surface area contributed by atoms with Crippen LogP contribution in [0, 0.1) is 18.3 Å². The Morgan fingerprint density at radius 3 is 2.88 bits per heavy atom. The molecule has 0 radical (unpaired) electrons. The van der Waals surface area contributed by atoms with E-state index in [9.17, 15) is 4.79 Å². The summed E-state index contributed by atoms with van der Waals surface area (Å²) in [5, 5.41) is 19.6. The molecule has 0 fully saturated rings. The van der Waals surface area contributed by atoms with Gasteiger partial charge in [-0.2, -0.15) is 15.3 Å². The van der Waals surface area contributed by atoms with Crippen LogP contribution in [-0.4, -0.2) is 45.0 Å². The van der Waals surface area contributed by atoms with Crippen molar-refractivity contribution in [2.75, 3.05) is 22.6 Å². The summed E-state index contributed by atoms with van der Waals surface area (Å²) in [5.74, 6) is 0.814. The summed E-state index contributed by atoms with van der Waals surface area (Å²) in [6.45, 7) is 6.66. The van der Waals surface area contributed by atoms with Crippen molar-refractivity contribution in [3.05, 3.63) is 59.0 Å². The van der Waals surface area contributed by atoms with Crippen LogP contribution in [0.3, 0.4) is 0 Å². The molecule has 3 heterocycles. The summed E-state index contributed by atoms with van der Waals surface area (Å²) in [4.78, 5) is 23.3. The van der Waals surface area contributed by atoms with Crippen molar-refractivity contribution in [1.29, 1.82) is 5.26 Å². The third-order valence-electron chi connectivity index (χ3n) is 5.17. The van der Waals surface area contributed by atoms with E-state index in [0.29, 0.717) is 41.8 Å². The maximum absolute atomic E-state index is 12.4. The second-order valence-electron chi connectivity index (χ2n) is 8.18. The van der Waals surface area contributed by atoms with Gasteiger partial charge in [-0.15, -0.1) is 0 Å². The lowest BCUT2D eigenvalue weighted by Crippen LogP contribution is -2.49. The molecule has 2 aromatic heterocycles. The average molecular weight is 447 g/mol. The van der Waals surface area contributed by atoms with Gasteiger partial charge in [0.1, 0.15) is 5.69 Å². The van der Waals surface area contributed by atoms with Gasteiger partial charge in [0.15, 0.2) is 5.82 Å². The van der Waals surface area contributed by atoms with Crippen molar-refractivity contribution in [3.63, 3.8) is 0 Å². The maximum atomic E-state index is 12.4. The van der Waals surface area contributed by atoms with Gasteiger partial charge in [0.2, 0.25) is 12.2 Å². The molecule has 33 heavy (non-hydrogen) atoms. The first kappa shape index (κ1) is 22.2. The zero-order valence-electron chi connectivity index (χ0n) is 19.0. The Balaban J connectivity index is 1.45. The van der Waals surface area contributed by atoms with Crippen molar-refractivity contribution in [2.45, 2.75) is 46.2 Å². The topological polar surface area (TPSA) is 121 Å². The molecule has 1 unspecified atom stereocenters. The first-order valence-corrected chi connectivity index (χ1v) is 10.7. The molecule has 10 heteroatoms. The number of fused-ring (bicyclic) bond motifs is 1. The minimum absolute atomic E-state index is 0.107. The molecule has 10 nitrogen and oxygen atoms in total. The Morgan fingerprint density at radius 2 is 2.12 bits per heavy atom. The summed E-state index contributed by atoms with van der Waals surface area (Å²) in [5.41, 5.74) is 3.85. The molecule has 2 N–H and O–H groups in total. The van der Waals surface area contributed by atoms with Gasteiger partial charge in [-0.3, -0.25) is 9.48 Å². The smallest absolute Gasteiger partial charge is 0.274 e. The van der Waals surface area contributed by atoms with Gasteiger partial charge in [-0.05, 0) is 38.5 Å². The third-order valence-corrected chi connectivity index (χ3v) is 5.17. The summed E-state index contributed by atoms with van der Waals surface area (Å²) in [6, 6.07) is 9.62. The van der Waals surface area contributed by atoms with E-state index in [-0.39, 0.29) is 12.0 Å². The molecule has 1 aromatic carbocycles.